The number of rotatable bonds is 6. The fraction of sp³-hybridized carbons (Fsp3) is 0.143. The average Bonchev–Trinajstić information content (AvgIpc) is 3.42. The minimum Gasteiger partial charge on any atom is -0.507 e. The molecule has 5 rings (SSSR count). The number of hydrogen-bond acceptors (Lipinski definition) is 7. The van der Waals surface area contributed by atoms with Crippen molar-refractivity contribution < 1.29 is 19.4 Å². The van der Waals surface area contributed by atoms with Crippen LogP contribution in [0.3, 0.4) is 0 Å². The molecule has 0 spiro atoms. The molecule has 1 aliphatic heterocycles. The number of aliphatic hydroxyl groups is 1. The smallest absolute Gasteiger partial charge is 0.301 e. The van der Waals surface area contributed by atoms with Gasteiger partial charge in [-0.15, -0.1) is 0 Å². The maximum Gasteiger partial charge on any atom is 0.301 e. The van der Waals surface area contributed by atoms with Crippen LogP contribution < -0.4 is 9.64 Å². The Balaban J connectivity index is 1.69. The number of hydrogen-bond donors (Lipinski definition) is 1. The van der Waals surface area contributed by atoms with Gasteiger partial charge in [-0.1, -0.05) is 42.2 Å². The van der Waals surface area contributed by atoms with Crippen molar-refractivity contribution in [2.75, 3.05) is 11.5 Å². The number of carbonyl (C=O) groups is 2. The minimum absolute atomic E-state index is 0.00174. The molecule has 0 radical (unpaired) electrons. The largest absolute Gasteiger partial charge is 0.507 e. The predicted molar refractivity (Wildman–Crippen MR) is 140 cm³/mol. The molecule has 3 heterocycles. The Morgan fingerprint density at radius 3 is 2.56 bits per heavy atom. The first-order chi connectivity index (χ1) is 17.4. The number of pyridine rings is 1. The van der Waals surface area contributed by atoms with Crippen LogP contribution in [0, 0.1) is 13.8 Å². The van der Waals surface area contributed by atoms with Crippen molar-refractivity contribution in [1.82, 2.24) is 9.97 Å². The maximum absolute atomic E-state index is 13.4. The van der Waals surface area contributed by atoms with E-state index in [1.807, 2.05) is 26.0 Å². The zero-order chi connectivity index (χ0) is 25.4. The van der Waals surface area contributed by atoms with Gasteiger partial charge in [0, 0.05) is 18.0 Å². The molecule has 7 nitrogen and oxygen atoms in total. The first kappa shape index (κ1) is 23.4. The topological polar surface area (TPSA) is 92.6 Å². The van der Waals surface area contributed by atoms with Gasteiger partial charge in [0.05, 0.1) is 21.8 Å². The summed E-state index contributed by atoms with van der Waals surface area (Å²) < 4.78 is 6.51. The van der Waals surface area contributed by atoms with E-state index in [1.165, 1.54) is 28.6 Å². The van der Waals surface area contributed by atoms with Crippen molar-refractivity contribution in [3.63, 3.8) is 0 Å². The summed E-state index contributed by atoms with van der Waals surface area (Å²) in [5.74, 6) is -1.15. The number of anilines is 1. The highest BCUT2D eigenvalue weighted by Gasteiger charge is 2.48. The van der Waals surface area contributed by atoms with E-state index in [-0.39, 0.29) is 11.3 Å². The molecular weight excluding hydrogens is 474 g/mol. The Morgan fingerprint density at radius 1 is 1.14 bits per heavy atom. The van der Waals surface area contributed by atoms with E-state index in [0.29, 0.717) is 28.6 Å². The molecule has 1 amide bonds. The number of carbonyl (C=O) groups excluding carboxylic acids is 2. The molecule has 36 heavy (non-hydrogen) atoms. The van der Waals surface area contributed by atoms with E-state index >= 15 is 0 Å². The van der Waals surface area contributed by atoms with Crippen LogP contribution in [-0.4, -0.2) is 33.4 Å². The summed E-state index contributed by atoms with van der Waals surface area (Å²) in [7, 11) is 0. The van der Waals surface area contributed by atoms with Crippen LogP contribution in [-0.2, 0) is 9.59 Å². The van der Waals surface area contributed by atoms with Crippen LogP contribution in [0.4, 0.5) is 5.13 Å². The molecule has 1 aliphatic rings. The molecular formula is C28H23N3O4S. The van der Waals surface area contributed by atoms with Gasteiger partial charge in [-0.05, 0) is 60.9 Å². The first-order valence-corrected chi connectivity index (χ1v) is 12.1. The second kappa shape index (κ2) is 9.39. The van der Waals surface area contributed by atoms with Gasteiger partial charge >= 0.3 is 5.91 Å². The first-order valence-electron chi connectivity index (χ1n) is 11.3. The van der Waals surface area contributed by atoms with E-state index in [0.717, 1.165) is 21.3 Å². The summed E-state index contributed by atoms with van der Waals surface area (Å²) in [6.07, 6.45) is 4.68. The van der Waals surface area contributed by atoms with Crippen molar-refractivity contribution in [3.05, 3.63) is 101 Å². The van der Waals surface area contributed by atoms with Gasteiger partial charge in [-0.3, -0.25) is 19.5 Å². The molecule has 1 atom stereocenters. The van der Waals surface area contributed by atoms with E-state index < -0.39 is 17.7 Å². The fourth-order valence-corrected chi connectivity index (χ4v) is 5.54. The number of fused-ring (bicyclic) bond motifs is 1. The molecule has 1 N–H and O–H groups in total. The van der Waals surface area contributed by atoms with Gasteiger partial charge < -0.3 is 9.84 Å². The molecule has 4 aromatic rings. The molecule has 180 valence electrons. The second-order valence-electron chi connectivity index (χ2n) is 8.50. The Kier molecular flexibility index (Phi) is 6.12. The van der Waals surface area contributed by atoms with Gasteiger partial charge in [0.1, 0.15) is 18.1 Å². The number of thiazole rings is 1. The van der Waals surface area contributed by atoms with Crippen LogP contribution in [0.5, 0.6) is 5.75 Å². The summed E-state index contributed by atoms with van der Waals surface area (Å²) in [4.78, 5) is 36.9. The molecule has 0 bridgehead atoms. The summed E-state index contributed by atoms with van der Waals surface area (Å²) in [6.45, 7) is 7.98. The van der Waals surface area contributed by atoms with Crippen molar-refractivity contribution in [1.29, 1.82) is 0 Å². The lowest BCUT2D eigenvalue weighted by Crippen LogP contribution is -2.29. The lowest BCUT2D eigenvalue weighted by molar-refractivity contribution is -0.132. The number of benzene rings is 2. The number of aryl methyl sites for hydroxylation is 2. The molecule has 2 aromatic heterocycles. The Hall–Kier alpha value is -4.30. The maximum atomic E-state index is 13.4. The highest BCUT2D eigenvalue weighted by Crippen LogP contribution is 2.44. The Labute approximate surface area is 212 Å². The van der Waals surface area contributed by atoms with Gasteiger partial charge in [-0.2, -0.15) is 0 Å². The van der Waals surface area contributed by atoms with E-state index in [9.17, 15) is 14.7 Å². The molecule has 0 saturated carbocycles. The number of aliphatic hydroxyl groups excluding tert-OH is 1. The van der Waals surface area contributed by atoms with Gasteiger partial charge in [0.15, 0.2) is 5.13 Å². The lowest BCUT2D eigenvalue weighted by Gasteiger charge is -2.23. The number of ether oxygens (including phenoxy) is 1. The summed E-state index contributed by atoms with van der Waals surface area (Å²) in [6, 6.07) is 13.4. The Bertz CT molecular complexity index is 1520. The van der Waals surface area contributed by atoms with Crippen molar-refractivity contribution in [2.45, 2.75) is 19.9 Å². The number of amides is 1. The number of aromatic nitrogens is 2. The van der Waals surface area contributed by atoms with Crippen LogP contribution in [0.2, 0.25) is 0 Å². The number of ketones is 1. The van der Waals surface area contributed by atoms with Crippen molar-refractivity contribution >= 4 is 44.1 Å². The van der Waals surface area contributed by atoms with E-state index in [4.69, 9.17) is 9.72 Å². The summed E-state index contributed by atoms with van der Waals surface area (Å²) in [5, 5.41) is 11.6. The molecule has 1 saturated heterocycles. The van der Waals surface area contributed by atoms with Crippen molar-refractivity contribution in [2.24, 2.45) is 0 Å². The average molecular weight is 498 g/mol. The SMILES string of the molecule is C=CCOc1ccc(C2C(=C(O)c3ccncc3)C(=O)C(=O)N2c2nc3c(C)cc(C)cc3s2)cc1. The van der Waals surface area contributed by atoms with E-state index in [1.54, 1.807) is 42.5 Å². The normalized spacial score (nSPS) is 17.1. The molecule has 0 aliphatic carbocycles. The van der Waals surface area contributed by atoms with Crippen molar-refractivity contribution in [3.8, 4) is 5.75 Å². The number of nitrogens with zero attached hydrogens (tertiary/aromatic N) is 3. The minimum atomic E-state index is -0.867. The third-order valence-electron chi connectivity index (χ3n) is 5.99. The molecule has 8 heteroatoms. The second-order valence-corrected chi connectivity index (χ2v) is 9.51. The number of Topliss-reactive ketones (excluding diaryl/α,β-unsaturated/α-hetero) is 1. The third-order valence-corrected chi connectivity index (χ3v) is 6.99. The highest BCUT2D eigenvalue weighted by molar-refractivity contribution is 7.22. The zero-order valence-electron chi connectivity index (χ0n) is 19.8. The Morgan fingerprint density at radius 2 is 1.86 bits per heavy atom. The van der Waals surface area contributed by atoms with Gasteiger partial charge in [0.25, 0.3) is 5.78 Å². The standard InChI is InChI=1S/C28H23N3O4S/c1-4-13-35-20-7-5-18(6-8-20)24-22(25(32)19-9-11-29-12-10-19)26(33)27(34)31(24)28-30-23-17(3)14-16(2)15-21(23)36-28/h4-12,14-15,24,32H,1,13H2,2-3H3. The highest BCUT2D eigenvalue weighted by atomic mass is 32.1. The fourth-order valence-electron chi connectivity index (χ4n) is 4.37. The predicted octanol–water partition coefficient (Wildman–Crippen LogP) is 5.50. The monoisotopic (exact) mass is 497 g/mol. The summed E-state index contributed by atoms with van der Waals surface area (Å²) in [5.41, 5.74) is 3.89. The van der Waals surface area contributed by atoms with Crippen LogP contribution in [0.15, 0.2) is 79.2 Å². The summed E-state index contributed by atoms with van der Waals surface area (Å²) >= 11 is 1.34. The van der Waals surface area contributed by atoms with Crippen LogP contribution >= 0.6 is 11.3 Å². The molecule has 2 aromatic carbocycles. The van der Waals surface area contributed by atoms with Gasteiger partial charge in [-0.25, -0.2) is 4.98 Å². The zero-order valence-corrected chi connectivity index (χ0v) is 20.6. The van der Waals surface area contributed by atoms with E-state index in [2.05, 4.69) is 11.6 Å². The van der Waals surface area contributed by atoms with Gasteiger partial charge in [0.2, 0.25) is 0 Å². The van der Waals surface area contributed by atoms with Crippen LogP contribution in [0.25, 0.3) is 16.0 Å². The quantitative estimate of drug-likeness (QED) is 0.164. The third kappa shape index (κ3) is 4.05. The van der Waals surface area contributed by atoms with Crippen LogP contribution in [0.1, 0.15) is 28.3 Å². The lowest BCUT2D eigenvalue weighted by atomic mass is 9.95. The molecule has 1 fully saturated rings. The molecule has 1 unspecified atom stereocenters.